The number of halogens is 1. The normalized spacial score (nSPS) is 11.7. The van der Waals surface area contributed by atoms with E-state index in [1.165, 1.54) is 23.9 Å². The van der Waals surface area contributed by atoms with Crippen LogP contribution in [0.3, 0.4) is 0 Å². The molecule has 9 heteroatoms. The maximum atomic E-state index is 13.6. The second-order valence-corrected chi connectivity index (χ2v) is 10.1. The summed E-state index contributed by atoms with van der Waals surface area (Å²) in [7, 11) is 0. The Morgan fingerprint density at radius 3 is 2.59 bits per heavy atom. The van der Waals surface area contributed by atoms with Crippen molar-refractivity contribution in [3.8, 4) is 0 Å². The van der Waals surface area contributed by atoms with Crippen molar-refractivity contribution in [2.45, 2.75) is 45.1 Å². The van der Waals surface area contributed by atoms with Gasteiger partial charge in [0.05, 0.1) is 10.9 Å². The lowest BCUT2D eigenvalue weighted by molar-refractivity contribution is 0.0949. The van der Waals surface area contributed by atoms with Crippen LogP contribution < -0.4 is 10.9 Å². The number of nitrogens with zero attached hydrogens (tertiary/aromatic N) is 4. The fourth-order valence-corrected chi connectivity index (χ4v) is 4.60. The molecule has 4 aromatic rings. The molecule has 34 heavy (non-hydrogen) atoms. The van der Waals surface area contributed by atoms with Gasteiger partial charge in [0.15, 0.2) is 5.16 Å². The van der Waals surface area contributed by atoms with Gasteiger partial charge in [0.25, 0.3) is 11.5 Å². The number of thioether (sulfide) groups is 1. The van der Waals surface area contributed by atoms with E-state index in [4.69, 9.17) is 0 Å². The van der Waals surface area contributed by atoms with Crippen LogP contribution in [0.25, 0.3) is 16.7 Å². The number of benzene rings is 2. The Balaban J connectivity index is 1.84. The number of nitrogens with one attached hydrogen (secondary N) is 1. The molecule has 0 radical (unpaired) electrons. The molecular weight excluding hydrogens is 453 g/mol. The fraction of sp³-hybridized carbons (Fsp3) is 0.360. The third-order valence-electron chi connectivity index (χ3n) is 5.31. The highest BCUT2D eigenvalue weighted by Crippen LogP contribution is 2.26. The van der Waals surface area contributed by atoms with E-state index < -0.39 is 0 Å². The molecule has 2 aromatic heterocycles. The van der Waals surface area contributed by atoms with Crippen molar-refractivity contribution in [1.29, 1.82) is 0 Å². The highest BCUT2D eigenvalue weighted by atomic mass is 32.2. The molecule has 0 spiro atoms. The molecule has 0 saturated heterocycles. The van der Waals surface area contributed by atoms with Crippen LogP contribution in [-0.4, -0.2) is 31.6 Å². The van der Waals surface area contributed by atoms with Gasteiger partial charge in [-0.2, -0.15) is 0 Å². The minimum absolute atomic E-state index is 0.167. The summed E-state index contributed by atoms with van der Waals surface area (Å²) in [5, 5.41) is 12.7. The van der Waals surface area contributed by atoms with Crippen LogP contribution >= 0.6 is 11.8 Å². The van der Waals surface area contributed by atoms with Crippen LogP contribution in [0, 0.1) is 17.7 Å². The van der Waals surface area contributed by atoms with Gasteiger partial charge in [0.2, 0.25) is 5.78 Å². The Morgan fingerprint density at radius 1 is 1.09 bits per heavy atom. The van der Waals surface area contributed by atoms with Gasteiger partial charge in [-0.15, -0.1) is 10.2 Å². The van der Waals surface area contributed by atoms with Crippen LogP contribution in [0.4, 0.5) is 4.39 Å². The van der Waals surface area contributed by atoms with Gasteiger partial charge >= 0.3 is 0 Å². The van der Waals surface area contributed by atoms with Gasteiger partial charge in [0.1, 0.15) is 5.82 Å². The molecule has 2 heterocycles. The predicted molar refractivity (Wildman–Crippen MR) is 133 cm³/mol. The van der Waals surface area contributed by atoms with E-state index in [-0.39, 0.29) is 23.2 Å². The summed E-state index contributed by atoms with van der Waals surface area (Å²) in [6, 6.07) is 11.5. The number of hydrogen-bond acceptors (Lipinski definition) is 5. The molecule has 0 bridgehead atoms. The first kappa shape index (κ1) is 23.9. The van der Waals surface area contributed by atoms with Crippen molar-refractivity contribution in [3.63, 3.8) is 0 Å². The summed E-state index contributed by atoms with van der Waals surface area (Å²) in [6.45, 7) is 9.17. The monoisotopic (exact) mass is 481 g/mol. The van der Waals surface area contributed by atoms with Gasteiger partial charge in [-0.05, 0) is 47.7 Å². The second kappa shape index (κ2) is 9.97. The van der Waals surface area contributed by atoms with E-state index in [0.717, 1.165) is 5.56 Å². The molecular formula is C25H28FN5O2S. The minimum Gasteiger partial charge on any atom is -0.352 e. The van der Waals surface area contributed by atoms with E-state index in [0.29, 0.717) is 52.2 Å². The van der Waals surface area contributed by atoms with E-state index in [2.05, 4.69) is 15.5 Å². The maximum absolute atomic E-state index is 13.6. The lowest BCUT2D eigenvalue weighted by Crippen LogP contribution is -2.28. The van der Waals surface area contributed by atoms with Gasteiger partial charge in [0, 0.05) is 24.4 Å². The molecule has 0 unspecified atom stereocenters. The number of carbonyl (C=O) groups is 1. The summed E-state index contributed by atoms with van der Waals surface area (Å²) in [6.07, 6.45) is 0. The van der Waals surface area contributed by atoms with Crippen molar-refractivity contribution >= 4 is 34.3 Å². The van der Waals surface area contributed by atoms with Crippen LogP contribution in [0.1, 0.15) is 43.6 Å². The Kier molecular flexibility index (Phi) is 7.02. The van der Waals surface area contributed by atoms with E-state index in [1.54, 1.807) is 28.8 Å². The SMILES string of the molecule is CC(C)CNC(=O)c1ccc2c(=O)n(CC(C)C)c3nnc(SCc4cccc(F)c4)n3c2c1. The summed E-state index contributed by atoms with van der Waals surface area (Å²) in [4.78, 5) is 26.0. The highest BCUT2D eigenvalue weighted by Gasteiger charge is 2.19. The lowest BCUT2D eigenvalue weighted by Gasteiger charge is -2.14. The summed E-state index contributed by atoms with van der Waals surface area (Å²) < 4.78 is 17.1. The molecule has 1 N–H and O–H groups in total. The molecule has 0 aliphatic carbocycles. The van der Waals surface area contributed by atoms with Gasteiger partial charge in [-0.3, -0.25) is 18.6 Å². The van der Waals surface area contributed by atoms with E-state index in [9.17, 15) is 14.0 Å². The van der Waals surface area contributed by atoms with E-state index in [1.807, 2.05) is 38.2 Å². The molecule has 0 aliphatic rings. The fourth-order valence-electron chi connectivity index (χ4n) is 3.72. The zero-order valence-electron chi connectivity index (χ0n) is 19.7. The van der Waals surface area contributed by atoms with Crippen LogP contribution in [-0.2, 0) is 12.3 Å². The zero-order valence-corrected chi connectivity index (χ0v) is 20.5. The standard InChI is InChI=1S/C25H28FN5O2S/c1-15(2)12-27-22(32)18-8-9-20-21(11-18)31-24(30(23(20)33)13-16(3)4)28-29-25(31)34-14-17-6-5-7-19(26)10-17/h5-11,15-16H,12-14H2,1-4H3,(H,27,32). The van der Waals surface area contributed by atoms with Gasteiger partial charge in [-0.1, -0.05) is 51.6 Å². The number of amides is 1. The quantitative estimate of drug-likeness (QED) is 0.374. The average Bonchev–Trinajstić information content (AvgIpc) is 3.22. The molecule has 0 atom stereocenters. The van der Waals surface area contributed by atoms with Crippen molar-refractivity contribution in [2.24, 2.45) is 11.8 Å². The van der Waals surface area contributed by atoms with Crippen LogP contribution in [0.2, 0.25) is 0 Å². The number of aromatic nitrogens is 4. The zero-order chi connectivity index (χ0) is 24.4. The van der Waals surface area contributed by atoms with Crippen molar-refractivity contribution in [2.75, 3.05) is 6.54 Å². The van der Waals surface area contributed by atoms with Crippen LogP contribution in [0.15, 0.2) is 52.4 Å². The largest absolute Gasteiger partial charge is 0.352 e. The van der Waals surface area contributed by atoms with Crippen LogP contribution in [0.5, 0.6) is 0 Å². The van der Waals surface area contributed by atoms with Crippen molar-refractivity contribution in [1.82, 2.24) is 24.5 Å². The molecule has 178 valence electrons. The number of rotatable bonds is 8. The van der Waals surface area contributed by atoms with E-state index >= 15 is 0 Å². The Hall–Kier alpha value is -3.20. The third kappa shape index (κ3) is 4.99. The molecule has 2 aromatic carbocycles. The summed E-state index contributed by atoms with van der Waals surface area (Å²) >= 11 is 1.40. The molecule has 1 amide bonds. The summed E-state index contributed by atoms with van der Waals surface area (Å²) in [5.41, 5.74) is 1.68. The predicted octanol–water partition coefficient (Wildman–Crippen LogP) is 4.52. The number of fused-ring (bicyclic) bond motifs is 3. The molecule has 4 rings (SSSR count). The highest BCUT2D eigenvalue weighted by molar-refractivity contribution is 7.98. The number of carbonyl (C=O) groups excluding carboxylic acids is 1. The second-order valence-electron chi connectivity index (χ2n) is 9.18. The van der Waals surface area contributed by atoms with Crippen molar-refractivity contribution < 1.29 is 9.18 Å². The van der Waals surface area contributed by atoms with Gasteiger partial charge < -0.3 is 5.32 Å². The molecule has 7 nitrogen and oxygen atoms in total. The number of hydrogen-bond donors (Lipinski definition) is 1. The Morgan fingerprint density at radius 2 is 1.88 bits per heavy atom. The Bertz CT molecular complexity index is 1410. The summed E-state index contributed by atoms with van der Waals surface area (Å²) in [5.74, 6) is 0.961. The minimum atomic E-state index is -0.294. The average molecular weight is 482 g/mol. The molecule has 0 fully saturated rings. The topological polar surface area (TPSA) is 81.3 Å². The maximum Gasteiger partial charge on any atom is 0.262 e. The first-order chi connectivity index (χ1) is 16.2. The first-order valence-corrected chi connectivity index (χ1v) is 12.3. The molecule has 0 saturated carbocycles. The third-order valence-corrected chi connectivity index (χ3v) is 6.31. The molecule has 0 aliphatic heterocycles. The van der Waals surface area contributed by atoms with Gasteiger partial charge in [-0.25, -0.2) is 4.39 Å². The Labute approximate surface area is 201 Å². The first-order valence-electron chi connectivity index (χ1n) is 11.3. The lowest BCUT2D eigenvalue weighted by atomic mass is 10.1. The smallest absolute Gasteiger partial charge is 0.262 e. The van der Waals surface area contributed by atoms with Crippen molar-refractivity contribution in [3.05, 3.63) is 69.8 Å².